The zero-order chi connectivity index (χ0) is 20.5. The van der Waals surface area contributed by atoms with Crippen molar-refractivity contribution in [3.63, 3.8) is 0 Å². The third kappa shape index (κ3) is 3.66. The highest BCUT2D eigenvalue weighted by Gasteiger charge is 2.33. The van der Waals surface area contributed by atoms with Gasteiger partial charge in [-0.15, -0.1) is 0 Å². The van der Waals surface area contributed by atoms with Crippen molar-refractivity contribution >= 4 is 51.9 Å². The van der Waals surface area contributed by atoms with Crippen molar-refractivity contribution in [3.05, 3.63) is 35.5 Å². The van der Waals surface area contributed by atoms with E-state index in [4.69, 9.17) is 26.7 Å². The Morgan fingerprint density at radius 1 is 1.31 bits per heavy atom. The molecule has 0 aliphatic carbocycles. The second kappa shape index (κ2) is 7.76. The fraction of sp³-hybridized carbons (Fsp3) is 0.300. The Balaban J connectivity index is 1.89. The summed E-state index contributed by atoms with van der Waals surface area (Å²) in [6.45, 7) is 3.94. The number of aromatic nitrogens is 1. The number of thiocarbonyl (C=S) groups is 1. The zero-order valence-electron chi connectivity index (χ0n) is 16.1. The fourth-order valence-electron chi connectivity index (χ4n) is 3.44. The van der Waals surface area contributed by atoms with Crippen molar-refractivity contribution in [2.75, 3.05) is 38.3 Å². The van der Waals surface area contributed by atoms with E-state index in [1.807, 2.05) is 24.3 Å². The lowest BCUT2D eigenvalue weighted by Gasteiger charge is -2.29. The summed E-state index contributed by atoms with van der Waals surface area (Å²) in [5, 5.41) is 3.47. The first kappa shape index (κ1) is 19.3. The topological polar surface area (TPSA) is 84.0 Å². The molecular weight excluding hydrogens is 392 g/mol. The van der Waals surface area contributed by atoms with E-state index in [-0.39, 0.29) is 16.7 Å². The summed E-state index contributed by atoms with van der Waals surface area (Å²) >= 11 is 5.13. The molecule has 2 aliphatic rings. The van der Waals surface area contributed by atoms with E-state index in [2.05, 4.69) is 10.2 Å². The number of anilines is 1. The van der Waals surface area contributed by atoms with E-state index >= 15 is 0 Å². The molecule has 2 amide bonds. The van der Waals surface area contributed by atoms with Crippen LogP contribution < -0.4 is 15.0 Å². The van der Waals surface area contributed by atoms with E-state index < -0.39 is 5.91 Å². The molecule has 0 spiro atoms. The average Bonchev–Trinajstić information content (AvgIpc) is 3.00. The zero-order valence-corrected chi connectivity index (χ0v) is 16.9. The molecule has 0 atom stereocenters. The molecule has 0 bridgehead atoms. The van der Waals surface area contributed by atoms with Crippen LogP contribution in [-0.4, -0.2) is 60.2 Å². The van der Waals surface area contributed by atoms with Crippen LogP contribution in [0.5, 0.6) is 5.75 Å². The van der Waals surface area contributed by atoms with Crippen LogP contribution in [0.25, 0.3) is 17.0 Å². The SMILES string of the molecule is COc1ccc2nc(N3CCOCC3)c(C=C3C(=O)NC(=S)N3C(C)=O)cc2c1. The van der Waals surface area contributed by atoms with Gasteiger partial charge in [0.1, 0.15) is 17.3 Å². The Labute approximate surface area is 173 Å². The maximum absolute atomic E-state index is 12.4. The van der Waals surface area contributed by atoms with Crippen LogP contribution in [0.2, 0.25) is 0 Å². The lowest BCUT2D eigenvalue weighted by atomic mass is 10.1. The molecule has 8 nitrogen and oxygen atoms in total. The molecule has 2 aliphatic heterocycles. The Morgan fingerprint density at radius 2 is 2.07 bits per heavy atom. The summed E-state index contributed by atoms with van der Waals surface area (Å²) in [6.07, 6.45) is 1.66. The number of carbonyl (C=O) groups is 2. The van der Waals surface area contributed by atoms with Crippen LogP contribution in [-0.2, 0) is 14.3 Å². The molecule has 1 aromatic heterocycles. The molecule has 1 aromatic carbocycles. The number of pyridine rings is 1. The molecule has 9 heteroatoms. The van der Waals surface area contributed by atoms with Gasteiger partial charge in [-0.05, 0) is 42.6 Å². The average molecular weight is 412 g/mol. The van der Waals surface area contributed by atoms with E-state index in [1.54, 1.807) is 13.2 Å². The summed E-state index contributed by atoms with van der Waals surface area (Å²) in [7, 11) is 1.61. The highest BCUT2D eigenvalue weighted by atomic mass is 32.1. The van der Waals surface area contributed by atoms with Crippen LogP contribution in [0, 0.1) is 0 Å². The maximum Gasteiger partial charge on any atom is 0.274 e. The summed E-state index contributed by atoms with van der Waals surface area (Å²) in [4.78, 5) is 32.6. The normalized spacial score (nSPS) is 18.5. The van der Waals surface area contributed by atoms with Gasteiger partial charge >= 0.3 is 0 Å². The number of rotatable bonds is 3. The molecule has 1 N–H and O–H groups in total. The molecule has 0 radical (unpaired) electrons. The quantitative estimate of drug-likeness (QED) is 0.607. The molecule has 0 unspecified atom stereocenters. The van der Waals surface area contributed by atoms with Gasteiger partial charge in [0.25, 0.3) is 5.91 Å². The third-order valence-electron chi connectivity index (χ3n) is 4.85. The molecule has 4 rings (SSSR count). The van der Waals surface area contributed by atoms with Gasteiger partial charge in [-0.25, -0.2) is 4.98 Å². The van der Waals surface area contributed by atoms with Gasteiger partial charge in [0.2, 0.25) is 5.91 Å². The molecule has 29 heavy (non-hydrogen) atoms. The maximum atomic E-state index is 12.4. The molecule has 2 aromatic rings. The Morgan fingerprint density at radius 3 is 2.76 bits per heavy atom. The van der Waals surface area contributed by atoms with Crippen LogP contribution in [0.1, 0.15) is 12.5 Å². The monoisotopic (exact) mass is 412 g/mol. The molecule has 150 valence electrons. The number of hydrogen-bond acceptors (Lipinski definition) is 7. The van der Waals surface area contributed by atoms with Gasteiger partial charge in [-0.1, -0.05) is 0 Å². The summed E-state index contributed by atoms with van der Waals surface area (Å²) in [5.74, 6) is 0.696. The van der Waals surface area contributed by atoms with Crippen molar-refractivity contribution < 1.29 is 19.1 Å². The minimum atomic E-state index is -0.413. The number of carbonyl (C=O) groups excluding carboxylic acids is 2. The van der Waals surface area contributed by atoms with Crippen molar-refractivity contribution in [3.8, 4) is 5.75 Å². The summed E-state index contributed by atoms with van der Waals surface area (Å²) in [6, 6.07) is 7.58. The van der Waals surface area contributed by atoms with Crippen molar-refractivity contribution in [1.29, 1.82) is 0 Å². The predicted octanol–water partition coefficient (Wildman–Crippen LogP) is 1.68. The fourth-order valence-corrected chi connectivity index (χ4v) is 3.76. The smallest absolute Gasteiger partial charge is 0.274 e. The number of benzene rings is 1. The van der Waals surface area contributed by atoms with E-state index in [0.29, 0.717) is 37.6 Å². The van der Waals surface area contributed by atoms with Gasteiger partial charge in [-0.3, -0.25) is 19.8 Å². The van der Waals surface area contributed by atoms with Crippen molar-refractivity contribution in [1.82, 2.24) is 15.2 Å². The standard InChI is InChI=1S/C20H20N4O4S/c1-12(25)24-17(19(26)22-20(24)29)11-14-9-13-10-15(27-2)3-4-16(13)21-18(14)23-5-7-28-8-6-23/h3-4,9-11H,5-8H2,1-2H3,(H,22,26,29). The second-order valence-corrected chi connectivity index (χ2v) is 7.09. The number of amides is 2. The Hall–Kier alpha value is -3.04. The number of methoxy groups -OCH3 is 1. The largest absolute Gasteiger partial charge is 0.497 e. The molecular formula is C20H20N4O4S. The number of hydrogen-bond donors (Lipinski definition) is 1. The first-order valence-corrected chi connectivity index (χ1v) is 9.58. The third-order valence-corrected chi connectivity index (χ3v) is 5.13. The molecule has 0 saturated carbocycles. The van der Waals surface area contributed by atoms with Gasteiger partial charge in [0, 0.05) is 31.0 Å². The molecule has 3 heterocycles. The molecule has 2 fully saturated rings. The van der Waals surface area contributed by atoms with Crippen LogP contribution in [0.4, 0.5) is 5.82 Å². The lowest BCUT2D eigenvalue weighted by Crippen LogP contribution is -2.37. The van der Waals surface area contributed by atoms with Crippen LogP contribution >= 0.6 is 12.2 Å². The van der Waals surface area contributed by atoms with E-state index in [1.165, 1.54) is 11.8 Å². The summed E-state index contributed by atoms with van der Waals surface area (Å²) in [5.41, 5.74) is 1.71. The van der Waals surface area contributed by atoms with E-state index in [0.717, 1.165) is 16.7 Å². The first-order valence-electron chi connectivity index (χ1n) is 9.17. The number of fused-ring (bicyclic) bond motifs is 1. The van der Waals surface area contributed by atoms with E-state index in [9.17, 15) is 9.59 Å². The summed E-state index contributed by atoms with van der Waals surface area (Å²) < 4.78 is 10.8. The number of nitrogens with one attached hydrogen (secondary N) is 1. The number of ether oxygens (including phenoxy) is 2. The lowest BCUT2D eigenvalue weighted by molar-refractivity contribution is -0.125. The van der Waals surface area contributed by atoms with Gasteiger partial charge < -0.3 is 14.4 Å². The van der Waals surface area contributed by atoms with Crippen LogP contribution in [0.3, 0.4) is 0 Å². The Kier molecular flexibility index (Phi) is 5.16. The predicted molar refractivity (Wildman–Crippen MR) is 113 cm³/mol. The number of morpholine rings is 1. The minimum absolute atomic E-state index is 0.0806. The first-order chi connectivity index (χ1) is 14.0. The van der Waals surface area contributed by atoms with Crippen LogP contribution in [0.15, 0.2) is 30.0 Å². The van der Waals surface area contributed by atoms with Gasteiger partial charge in [0.15, 0.2) is 5.11 Å². The minimum Gasteiger partial charge on any atom is -0.497 e. The van der Waals surface area contributed by atoms with Gasteiger partial charge in [0.05, 0.1) is 25.8 Å². The molecule has 2 saturated heterocycles. The highest BCUT2D eigenvalue weighted by Crippen LogP contribution is 2.30. The Bertz CT molecular complexity index is 1050. The highest BCUT2D eigenvalue weighted by molar-refractivity contribution is 7.80. The number of nitrogens with zero attached hydrogens (tertiary/aromatic N) is 3. The van der Waals surface area contributed by atoms with Crippen molar-refractivity contribution in [2.45, 2.75) is 6.92 Å². The van der Waals surface area contributed by atoms with Gasteiger partial charge in [-0.2, -0.15) is 0 Å². The second-order valence-electron chi connectivity index (χ2n) is 6.70. The van der Waals surface area contributed by atoms with Crippen molar-refractivity contribution in [2.24, 2.45) is 0 Å².